The van der Waals surface area contributed by atoms with E-state index in [0.717, 1.165) is 46.7 Å². The fourth-order valence-corrected chi connectivity index (χ4v) is 4.74. The van der Waals surface area contributed by atoms with E-state index >= 15 is 0 Å². The molecule has 188 valence electrons. The zero-order valence-corrected chi connectivity index (χ0v) is 21.5. The molecule has 1 aromatic heterocycles. The number of aryl methyl sites for hydroxylation is 1. The van der Waals surface area contributed by atoms with E-state index in [4.69, 9.17) is 14.2 Å². The first-order valence-corrected chi connectivity index (χ1v) is 12.6. The van der Waals surface area contributed by atoms with Gasteiger partial charge in [-0.1, -0.05) is 54.6 Å². The van der Waals surface area contributed by atoms with E-state index in [2.05, 4.69) is 71.8 Å². The largest absolute Gasteiger partial charge is 0.493 e. The number of nitrogens with one attached hydrogen (secondary N) is 1. The van der Waals surface area contributed by atoms with Gasteiger partial charge in [-0.05, 0) is 77.1 Å². The Morgan fingerprint density at radius 2 is 1.81 bits per heavy atom. The van der Waals surface area contributed by atoms with Crippen molar-refractivity contribution in [1.29, 1.82) is 0 Å². The van der Waals surface area contributed by atoms with Crippen molar-refractivity contribution in [2.75, 3.05) is 20.8 Å². The van der Waals surface area contributed by atoms with E-state index in [-0.39, 0.29) is 6.04 Å². The molecule has 0 saturated carbocycles. The van der Waals surface area contributed by atoms with Crippen LogP contribution in [-0.2, 0) is 13.0 Å². The van der Waals surface area contributed by atoms with Crippen LogP contribution in [0.25, 0.3) is 17.2 Å². The molecule has 1 aliphatic heterocycles. The van der Waals surface area contributed by atoms with Crippen molar-refractivity contribution in [3.63, 3.8) is 0 Å². The highest BCUT2D eigenvalue weighted by Crippen LogP contribution is 2.37. The van der Waals surface area contributed by atoms with Gasteiger partial charge in [-0.25, -0.2) is 4.98 Å². The lowest BCUT2D eigenvalue weighted by atomic mass is 9.92. The minimum absolute atomic E-state index is 0.0804. The number of ether oxygens (including phenoxy) is 3. The van der Waals surface area contributed by atoms with Crippen LogP contribution in [0.1, 0.15) is 33.9 Å². The van der Waals surface area contributed by atoms with E-state index in [9.17, 15) is 0 Å². The van der Waals surface area contributed by atoms with Crippen LogP contribution < -0.4 is 19.5 Å². The summed E-state index contributed by atoms with van der Waals surface area (Å²) in [4.78, 5) is 4.35. The summed E-state index contributed by atoms with van der Waals surface area (Å²) in [5.74, 6) is 2.16. The molecule has 0 spiro atoms. The monoisotopic (exact) mass is 492 g/mol. The average Bonchev–Trinajstić information content (AvgIpc) is 2.95. The van der Waals surface area contributed by atoms with Gasteiger partial charge in [0.1, 0.15) is 6.61 Å². The maximum Gasteiger partial charge on any atom is 0.221 e. The Kier molecular flexibility index (Phi) is 7.52. The Bertz CT molecular complexity index is 1400. The van der Waals surface area contributed by atoms with Gasteiger partial charge in [-0.2, -0.15) is 0 Å². The van der Waals surface area contributed by atoms with Crippen LogP contribution in [0.15, 0.2) is 85.1 Å². The summed E-state index contributed by atoms with van der Waals surface area (Å²) < 4.78 is 17.4. The minimum atomic E-state index is 0.0804. The molecule has 1 unspecified atom stereocenters. The first kappa shape index (κ1) is 24.6. The number of benzene rings is 3. The second-order valence-corrected chi connectivity index (χ2v) is 9.15. The van der Waals surface area contributed by atoms with Gasteiger partial charge in [0, 0.05) is 18.3 Å². The highest BCUT2D eigenvalue weighted by Gasteiger charge is 2.21. The molecule has 3 aromatic carbocycles. The lowest BCUT2D eigenvalue weighted by molar-refractivity contribution is 0.283. The number of pyridine rings is 1. The lowest BCUT2D eigenvalue weighted by Gasteiger charge is -2.26. The second kappa shape index (κ2) is 11.3. The van der Waals surface area contributed by atoms with Gasteiger partial charge in [0.2, 0.25) is 5.88 Å². The van der Waals surface area contributed by atoms with E-state index < -0.39 is 0 Å². The van der Waals surface area contributed by atoms with E-state index in [1.165, 1.54) is 16.7 Å². The third kappa shape index (κ3) is 5.52. The molecular weight excluding hydrogens is 460 g/mol. The molecule has 0 radical (unpaired) electrons. The predicted octanol–water partition coefficient (Wildman–Crippen LogP) is 6.55. The standard InChI is InChI=1S/C32H32N2O3/c1-22-11-12-25(27-10-7-16-34-32(27)36-3)18-24(22)13-14-29-28-20-30(35-2)31(19-26(28)15-17-33-29)37-21-23-8-5-4-6-9-23/h4-14,16,18-20,29,33H,15,17,21H2,1-3H3/b14-13+. The number of fused-ring (bicyclic) bond motifs is 1. The normalized spacial score (nSPS) is 14.8. The van der Waals surface area contributed by atoms with Crippen molar-refractivity contribution in [3.05, 3.63) is 113 Å². The fraction of sp³-hybridized carbons (Fsp3) is 0.219. The number of hydrogen-bond donors (Lipinski definition) is 1. The van der Waals surface area contributed by atoms with Crippen molar-refractivity contribution in [3.8, 4) is 28.5 Å². The maximum atomic E-state index is 6.16. The third-order valence-corrected chi connectivity index (χ3v) is 6.78. The molecule has 0 saturated heterocycles. The quantitative estimate of drug-likeness (QED) is 0.302. The van der Waals surface area contributed by atoms with Crippen LogP contribution in [-0.4, -0.2) is 25.7 Å². The van der Waals surface area contributed by atoms with Crippen LogP contribution in [0.3, 0.4) is 0 Å². The Hall–Kier alpha value is -4.09. The first-order chi connectivity index (χ1) is 18.2. The summed E-state index contributed by atoms with van der Waals surface area (Å²) >= 11 is 0. The molecule has 1 atom stereocenters. The van der Waals surface area contributed by atoms with Crippen molar-refractivity contribution < 1.29 is 14.2 Å². The molecule has 0 aliphatic carbocycles. The third-order valence-electron chi connectivity index (χ3n) is 6.78. The van der Waals surface area contributed by atoms with E-state index in [1.807, 2.05) is 30.3 Å². The summed E-state index contributed by atoms with van der Waals surface area (Å²) in [6.45, 7) is 3.54. The molecule has 1 N–H and O–H groups in total. The molecule has 5 rings (SSSR count). The van der Waals surface area contributed by atoms with Crippen LogP contribution in [0.2, 0.25) is 0 Å². The minimum Gasteiger partial charge on any atom is -0.493 e. The van der Waals surface area contributed by atoms with Crippen molar-refractivity contribution in [2.45, 2.75) is 26.0 Å². The summed E-state index contributed by atoms with van der Waals surface area (Å²) in [7, 11) is 3.35. The Morgan fingerprint density at radius 1 is 0.946 bits per heavy atom. The van der Waals surface area contributed by atoms with Gasteiger partial charge in [-0.15, -0.1) is 0 Å². The Morgan fingerprint density at radius 3 is 2.62 bits per heavy atom. The fourth-order valence-electron chi connectivity index (χ4n) is 4.74. The van der Waals surface area contributed by atoms with Gasteiger partial charge < -0.3 is 19.5 Å². The van der Waals surface area contributed by atoms with Crippen molar-refractivity contribution in [2.24, 2.45) is 0 Å². The van der Waals surface area contributed by atoms with Crippen LogP contribution >= 0.6 is 0 Å². The van der Waals surface area contributed by atoms with Gasteiger partial charge in [-0.3, -0.25) is 0 Å². The number of aromatic nitrogens is 1. The molecule has 1 aliphatic rings. The molecular formula is C32H32N2O3. The molecule has 5 nitrogen and oxygen atoms in total. The molecule has 5 heteroatoms. The molecule has 0 fully saturated rings. The summed E-state index contributed by atoms with van der Waals surface area (Å²) in [5, 5.41) is 3.65. The highest BCUT2D eigenvalue weighted by atomic mass is 16.5. The zero-order chi connectivity index (χ0) is 25.6. The Balaban J connectivity index is 1.40. The van der Waals surface area contributed by atoms with E-state index in [1.54, 1.807) is 20.4 Å². The lowest BCUT2D eigenvalue weighted by Crippen LogP contribution is -2.28. The van der Waals surface area contributed by atoms with Gasteiger partial charge in [0.15, 0.2) is 11.5 Å². The van der Waals surface area contributed by atoms with Crippen LogP contribution in [0.4, 0.5) is 0 Å². The van der Waals surface area contributed by atoms with E-state index in [0.29, 0.717) is 12.5 Å². The molecule has 4 aromatic rings. The first-order valence-electron chi connectivity index (χ1n) is 12.6. The highest BCUT2D eigenvalue weighted by molar-refractivity contribution is 5.72. The van der Waals surface area contributed by atoms with Crippen LogP contribution in [0, 0.1) is 6.92 Å². The SMILES string of the molecule is COc1cc2c(cc1OCc1ccccc1)CCNC2/C=C/c1cc(-c2cccnc2OC)ccc1C. The maximum absolute atomic E-state index is 6.16. The molecule has 2 heterocycles. The van der Waals surface area contributed by atoms with Crippen LogP contribution in [0.5, 0.6) is 17.4 Å². The number of nitrogens with zero attached hydrogens (tertiary/aromatic N) is 1. The second-order valence-electron chi connectivity index (χ2n) is 9.15. The topological polar surface area (TPSA) is 52.6 Å². The average molecular weight is 493 g/mol. The molecule has 37 heavy (non-hydrogen) atoms. The predicted molar refractivity (Wildman–Crippen MR) is 148 cm³/mol. The summed E-state index contributed by atoms with van der Waals surface area (Å²) in [6, 6.07) is 24.9. The Labute approximate surface area is 218 Å². The van der Waals surface area contributed by atoms with Crippen molar-refractivity contribution in [1.82, 2.24) is 10.3 Å². The smallest absolute Gasteiger partial charge is 0.221 e. The zero-order valence-electron chi connectivity index (χ0n) is 21.5. The van der Waals surface area contributed by atoms with Gasteiger partial charge in [0.05, 0.1) is 20.3 Å². The summed E-state index contributed by atoms with van der Waals surface area (Å²) in [6.07, 6.45) is 7.12. The van der Waals surface area contributed by atoms with Gasteiger partial charge >= 0.3 is 0 Å². The number of hydrogen-bond acceptors (Lipinski definition) is 5. The summed E-state index contributed by atoms with van der Waals surface area (Å²) in [5.41, 5.74) is 8.05. The molecule has 0 amide bonds. The number of rotatable bonds is 8. The molecule has 0 bridgehead atoms. The number of methoxy groups -OCH3 is 2. The van der Waals surface area contributed by atoms with Gasteiger partial charge in [0.25, 0.3) is 0 Å². The van der Waals surface area contributed by atoms with Crippen molar-refractivity contribution >= 4 is 6.08 Å².